The normalized spacial score (nSPS) is 18.8. The molecule has 0 atom stereocenters. The van der Waals surface area contributed by atoms with E-state index in [-0.39, 0.29) is 11.2 Å². The third-order valence-electron chi connectivity index (χ3n) is 3.83. The second-order valence-electron chi connectivity index (χ2n) is 5.16. The van der Waals surface area contributed by atoms with E-state index in [0.717, 1.165) is 51.1 Å². The van der Waals surface area contributed by atoms with Crippen LogP contribution < -0.4 is 5.32 Å². The van der Waals surface area contributed by atoms with Crippen molar-refractivity contribution in [1.29, 1.82) is 0 Å². The van der Waals surface area contributed by atoms with Crippen molar-refractivity contribution >= 4 is 0 Å². The van der Waals surface area contributed by atoms with Gasteiger partial charge in [0.25, 0.3) is 0 Å². The first-order valence-electron chi connectivity index (χ1n) is 6.78. The molecule has 1 heterocycles. The predicted molar refractivity (Wildman–Crippen MR) is 71.1 cm³/mol. The van der Waals surface area contributed by atoms with Crippen molar-refractivity contribution in [3.8, 4) is 0 Å². The van der Waals surface area contributed by atoms with Gasteiger partial charge in [0.2, 0.25) is 0 Å². The van der Waals surface area contributed by atoms with Crippen LogP contribution in [0, 0.1) is 11.2 Å². The molecule has 0 saturated carbocycles. The first kappa shape index (κ1) is 13.5. The van der Waals surface area contributed by atoms with Gasteiger partial charge in [0, 0.05) is 19.8 Å². The van der Waals surface area contributed by atoms with Crippen LogP contribution in [0.25, 0.3) is 0 Å². The van der Waals surface area contributed by atoms with Gasteiger partial charge in [0.05, 0.1) is 0 Å². The molecule has 0 aliphatic carbocycles. The molecule has 1 aliphatic rings. The van der Waals surface area contributed by atoms with E-state index in [0.29, 0.717) is 0 Å². The Labute approximate surface area is 109 Å². The molecule has 0 bridgehead atoms. The Morgan fingerprint density at radius 2 is 2.00 bits per heavy atom. The van der Waals surface area contributed by atoms with Gasteiger partial charge in [-0.15, -0.1) is 0 Å². The fourth-order valence-corrected chi connectivity index (χ4v) is 2.66. The number of nitrogens with one attached hydrogen (secondary N) is 1. The fraction of sp³-hybridized carbons (Fsp3) is 0.600. The largest absolute Gasteiger partial charge is 0.381 e. The minimum atomic E-state index is -0.0835. The molecule has 1 aromatic carbocycles. The number of ether oxygens (including phenoxy) is 1. The van der Waals surface area contributed by atoms with Gasteiger partial charge in [-0.3, -0.25) is 0 Å². The standard InChI is InChI=1S/C15H22FNO/c1-2-17-12-15(7-9-18-10-8-15)11-13-5-3-4-6-14(13)16/h3-6,17H,2,7-12H2,1H3. The van der Waals surface area contributed by atoms with Crippen LogP contribution in [0.1, 0.15) is 25.3 Å². The summed E-state index contributed by atoms with van der Waals surface area (Å²) in [6, 6.07) is 7.12. The second kappa shape index (κ2) is 6.30. The smallest absolute Gasteiger partial charge is 0.126 e. The monoisotopic (exact) mass is 251 g/mol. The molecular weight excluding hydrogens is 229 g/mol. The van der Waals surface area contributed by atoms with Crippen molar-refractivity contribution in [1.82, 2.24) is 5.32 Å². The SMILES string of the molecule is CCNCC1(Cc2ccccc2F)CCOCC1. The van der Waals surface area contributed by atoms with E-state index in [4.69, 9.17) is 4.74 Å². The first-order valence-corrected chi connectivity index (χ1v) is 6.78. The van der Waals surface area contributed by atoms with Gasteiger partial charge < -0.3 is 10.1 Å². The fourth-order valence-electron chi connectivity index (χ4n) is 2.66. The third kappa shape index (κ3) is 3.30. The summed E-state index contributed by atoms with van der Waals surface area (Å²) in [5.74, 6) is -0.0835. The number of hydrogen-bond donors (Lipinski definition) is 1. The van der Waals surface area contributed by atoms with Crippen molar-refractivity contribution in [2.45, 2.75) is 26.2 Å². The van der Waals surface area contributed by atoms with Gasteiger partial charge >= 0.3 is 0 Å². The Balaban J connectivity index is 2.11. The summed E-state index contributed by atoms with van der Waals surface area (Å²) in [6.07, 6.45) is 2.82. The quantitative estimate of drug-likeness (QED) is 0.869. The van der Waals surface area contributed by atoms with Crippen molar-refractivity contribution < 1.29 is 9.13 Å². The lowest BCUT2D eigenvalue weighted by Crippen LogP contribution is -2.41. The summed E-state index contributed by atoms with van der Waals surface area (Å²) in [6.45, 7) is 5.59. The molecule has 18 heavy (non-hydrogen) atoms. The topological polar surface area (TPSA) is 21.3 Å². The first-order chi connectivity index (χ1) is 8.76. The van der Waals surface area contributed by atoms with Crippen LogP contribution in [0.15, 0.2) is 24.3 Å². The summed E-state index contributed by atoms with van der Waals surface area (Å²) in [5.41, 5.74) is 0.980. The molecule has 1 saturated heterocycles. The number of halogens is 1. The van der Waals surface area contributed by atoms with Gasteiger partial charge in [-0.2, -0.15) is 0 Å². The van der Waals surface area contributed by atoms with Crippen LogP contribution in [-0.4, -0.2) is 26.3 Å². The van der Waals surface area contributed by atoms with Crippen molar-refractivity contribution in [3.05, 3.63) is 35.6 Å². The van der Waals surface area contributed by atoms with Crippen molar-refractivity contribution in [2.75, 3.05) is 26.3 Å². The van der Waals surface area contributed by atoms with Crippen molar-refractivity contribution in [2.24, 2.45) is 5.41 Å². The summed E-state index contributed by atoms with van der Waals surface area (Å²) in [5, 5.41) is 3.42. The molecule has 0 spiro atoms. The molecule has 0 unspecified atom stereocenters. The van der Waals surface area contributed by atoms with Crippen LogP contribution >= 0.6 is 0 Å². The molecule has 3 heteroatoms. The Kier molecular flexibility index (Phi) is 4.72. The lowest BCUT2D eigenvalue weighted by atomic mass is 9.75. The van der Waals surface area contributed by atoms with E-state index >= 15 is 0 Å². The zero-order valence-corrected chi connectivity index (χ0v) is 11.0. The molecule has 0 aromatic heterocycles. The summed E-state index contributed by atoms with van der Waals surface area (Å²) in [4.78, 5) is 0. The maximum absolute atomic E-state index is 13.8. The highest BCUT2D eigenvalue weighted by molar-refractivity contribution is 5.19. The van der Waals surface area contributed by atoms with Crippen LogP contribution in [0.5, 0.6) is 0 Å². The molecule has 100 valence electrons. The number of hydrogen-bond acceptors (Lipinski definition) is 2. The molecule has 2 nitrogen and oxygen atoms in total. The van der Waals surface area contributed by atoms with E-state index < -0.39 is 0 Å². The molecule has 1 N–H and O–H groups in total. The van der Waals surface area contributed by atoms with E-state index in [9.17, 15) is 4.39 Å². The molecule has 1 fully saturated rings. The van der Waals surface area contributed by atoms with E-state index in [1.807, 2.05) is 12.1 Å². The molecule has 2 rings (SSSR count). The molecule has 0 amide bonds. The summed E-state index contributed by atoms with van der Waals surface area (Å²) in [7, 11) is 0. The van der Waals surface area contributed by atoms with Crippen LogP contribution in [0.2, 0.25) is 0 Å². The third-order valence-corrected chi connectivity index (χ3v) is 3.83. The minimum Gasteiger partial charge on any atom is -0.381 e. The highest BCUT2D eigenvalue weighted by atomic mass is 19.1. The van der Waals surface area contributed by atoms with Gasteiger partial charge in [0.15, 0.2) is 0 Å². The predicted octanol–water partition coefficient (Wildman–Crippen LogP) is 2.77. The maximum atomic E-state index is 13.8. The molecule has 0 radical (unpaired) electrons. The van der Waals surface area contributed by atoms with Gasteiger partial charge in [-0.05, 0) is 42.9 Å². The van der Waals surface area contributed by atoms with Crippen LogP contribution in [0.3, 0.4) is 0 Å². The molecule has 1 aromatic rings. The second-order valence-corrected chi connectivity index (χ2v) is 5.16. The van der Waals surface area contributed by atoms with E-state index in [2.05, 4.69) is 12.2 Å². The van der Waals surface area contributed by atoms with Crippen LogP contribution in [-0.2, 0) is 11.2 Å². The maximum Gasteiger partial charge on any atom is 0.126 e. The number of benzene rings is 1. The van der Waals surface area contributed by atoms with E-state index in [1.54, 1.807) is 12.1 Å². The van der Waals surface area contributed by atoms with Crippen LogP contribution in [0.4, 0.5) is 4.39 Å². The van der Waals surface area contributed by atoms with Gasteiger partial charge in [-0.25, -0.2) is 4.39 Å². The average molecular weight is 251 g/mol. The lowest BCUT2D eigenvalue weighted by Gasteiger charge is -2.37. The molecular formula is C15H22FNO. The number of rotatable bonds is 5. The zero-order valence-electron chi connectivity index (χ0n) is 11.0. The minimum absolute atomic E-state index is 0.0835. The highest BCUT2D eigenvalue weighted by Crippen LogP contribution is 2.34. The summed E-state index contributed by atoms with van der Waals surface area (Å²) >= 11 is 0. The zero-order chi connectivity index (χ0) is 12.8. The lowest BCUT2D eigenvalue weighted by molar-refractivity contribution is 0.0148. The molecule has 1 aliphatic heterocycles. The summed E-state index contributed by atoms with van der Waals surface area (Å²) < 4.78 is 19.2. The Morgan fingerprint density at radius 1 is 1.28 bits per heavy atom. The van der Waals surface area contributed by atoms with Crippen molar-refractivity contribution in [3.63, 3.8) is 0 Å². The van der Waals surface area contributed by atoms with Gasteiger partial charge in [-0.1, -0.05) is 25.1 Å². The van der Waals surface area contributed by atoms with E-state index in [1.165, 1.54) is 0 Å². The Morgan fingerprint density at radius 3 is 2.67 bits per heavy atom. The Bertz CT molecular complexity index is 375. The average Bonchev–Trinajstić information content (AvgIpc) is 2.40. The van der Waals surface area contributed by atoms with Gasteiger partial charge in [0.1, 0.15) is 5.82 Å². The highest BCUT2D eigenvalue weighted by Gasteiger charge is 2.32. The Hall–Kier alpha value is -0.930.